The lowest BCUT2D eigenvalue weighted by molar-refractivity contribution is -0.133. The summed E-state index contributed by atoms with van der Waals surface area (Å²) in [4.78, 5) is 39.0. The standard InChI is InChI=1S/C28H38N2O6Si/c1-18-26(35-2)22-15-20(29-28(33)19-9-6-5-7-10-19)12-13-23(22)36-27(18)24(37(3,4)34)16-25(32)30-14-8-11-21(30)17-31/h5-7,9-10,12-13,15,18,21,24,26-27,31,34H,8,11,14,16-17H2,1-4H3,(H,29,33)/t18-,21+,24?,26-,27-/m1/s1. The quantitative estimate of drug-likeness (QED) is 0.450. The lowest BCUT2D eigenvalue weighted by Gasteiger charge is -2.44. The number of ether oxygens (including phenoxy) is 2. The average molecular weight is 527 g/mol. The minimum absolute atomic E-state index is 0.0467. The van der Waals surface area contributed by atoms with E-state index < -0.39 is 14.4 Å². The van der Waals surface area contributed by atoms with E-state index in [1.807, 2.05) is 50.3 Å². The Morgan fingerprint density at radius 2 is 1.95 bits per heavy atom. The van der Waals surface area contributed by atoms with Crippen LogP contribution in [0.3, 0.4) is 0 Å². The summed E-state index contributed by atoms with van der Waals surface area (Å²) in [7, 11) is -1.20. The molecule has 0 aromatic heterocycles. The van der Waals surface area contributed by atoms with E-state index in [4.69, 9.17) is 9.47 Å². The molecule has 2 amide bonds. The second-order valence-electron chi connectivity index (χ2n) is 10.7. The van der Waals surface area contributed by atoms with Crippen LogP contribution in [0.4, 0.5) is 5.69 Å². The molecule has 0 spiro atoms. The molecule has 2 aromatic carbocycles. The van der Waals surface area contributed by atoms with Gasteiger partial charge in [0, 0.05) is 48.3 Å². The van der Waals surface area contributed by atoms with Crippen LogP contribution >= 0.6 is 0 Å². The van der Waals surface area contributed by atoms with Gasteiger partial charge in [-0.2, -0.15) is 0 Å². The van der Waals surface area contributed by atoms with Crippen molar-refractivity contribution in [2.75, 3.05) is 25.6 Å². The number of aliphatic hydroxyl groups excluding tert-OH is 1. The Morgan fingerprint density at radius 1 is 1.22 bits per heavy atom. The van der Waals surface area contributed by atoms with E-state index >= 15 is 0 Å². The first-order valence-electron chi connectivity index (χ1n) is 13.0. The van der Waals surface area contributed by atoms with E-state index in [-0.39, 0.29) is 48.4 Å². The van der Waals surface area contributed by atoms with Crippen LogP contribution in [0.25, 0.3) is 0 Å². The molecule has 2 aliphatic rings. The number of benzene rings is 2. The number of hydrogen-bond acceptors (Lipinski definition) is 6. The zero-order valence-electron chi connectivity index (χ0n) is 22.0. The number of anilines is 1. The summed E-state index contributed by atoms with van der Waals surface area (Å²) in [5, 5.41) is 12.6. The van der Waals surface area contributed by atoms with Gasteiger partial charge in [-0.05, 0) is 56.3 Å². The molecule has 1 unspecified atom stereocenters. The zero-order chi connectivity index (χ0) is 26.7. The highest BCUT2D eigenvalue weighted by Crippen LogP contribution is 2.47. The van der Waals surface area contributed by atoms with Gasteiger partial charge in [-0.15, -0.1) is 0 Å². The molecule has 0 aliphatic carbocycles. The Labute approximate surface area is 219 Å². The van der Waals surface area contributed by atoms with Gasteiger partial charge >= 0.3 is 0 Å². The number of nitrogens with one attached hydrogen (secondary N) is 1. The Morgan fingerprint density at radius 3 is 2.59 bits per heavy atom. The molecule has 0 bridgehead atoms. The summed E-state index contributed by atoms with van der Waals surface area (Å²) >= 11 is 0. The average Bonchev–Trinajstić information content (AvgIpc) is 3.36. The maximum Gasteiger partial charge on any atom is 0.255 e. The van der Waals surface area contributed by atoms with E-state index in [1.54, 1.807) is 30.2 Å². The predicted molar refractivity (Wildman–Crippen MR) is 144 cm³/mol. The molecule has 0 saturated carbocycles. The van der Waals surface area contributed by atoms with Crippen molar-refractivity contribution in [2.45, 2.75) is 63.1 Å². The number of carbonyl (C=O) groups is 2. The number of likely N-dealkylation sites (tertiary alicyclic amines) is 1. The first-order chi connectivity index (χ1) is 17.6. The highest BCUT2D eigenvalue weighted by Gasteiger charge is 2.48. The fraction of sp³-hybridized carbons (Fsp3) is 0.500. The molecule has 1 fully saturated rings. The Balaban J connectivity index is 1.57. The van der Waals surface area contributed by atoms with Crippen LogP contribution in [-0.4, -0.2) is 67.3 Å². The van der Waals surface area contributed by atoms with Crippen molar-refractivity contribution in [3.8, 4) is 5.75 Å². The van der Waals surface area contributed by atoms with Gasteiger partial charge in [0.15, 0.2) is 8.32 Å². The van der Waals surface area contributed by atoms with E-state index in [2.05, 4.69) is 5.32 Å². The van der Waals surface area contributed by atoms with E-state index in [1.165, 1.54) is 0 Å². The summed E-state index contributed by atoms with van der Waals surface area (Å²) in [6.45, 7) is 6.28. The highest BCUT2D eigenvalue weighted by molar-refractivity contribution is 6.71. The van der Waals surface area contributed by atoms with Crippen molar-refractivity contribution in [3.63, 3.8) is 0 Å². The van der Waals surface area contributed by atoms with Crippen LogP contribution in [0.15, 0.2) is 48.5 Å². The maximum absolute atomic E-state index is 13.3. The molecule has 4 rings (SSSR count). The lowest BCUT2D eigenvalue weighted by Crippen LogP contribution is -2.50. The van der Waals surface area contributed by atoms with E-state index in [0.717, 1.165) is 18.4 Å². The van der Waals surface area contributed by atoms with Crippen LogP contribution in [-0.2, 0) is 9.53 Å². The highest BCUT2D eigenvalue weighted by atomic mass is 28.4. The number of nitrogens with zero attached hydrogens (tertiary/aromatic N) is 1. The van der Waals surface area contributed by atoms with Gasteiger partial charge < -0.3 is 29.6 Å². The van der Waals surface area contributed by atoms with Gasteiger partial charge in [-0.25, -0.2) is 0 Å². The van der Waals surface area contributed by atoms with Crippen molar-refractivity contribution in [3.05, 3.63) is 59.7 Å². The second kappa shape index (κ2) is 11.3. The molecule has 3 N–H and O–H groups in total. The van der Waals surface area contributed by atoms with Crippen LogP contribution in [0.2, 0.25) is 18.6 Å². The summed E-state index contributed by atoms with van der Waals surface area (Å²) in [6.07, 6.45) is 1.07. The number of methoxy groups -OCH3 is 1. The predicted octanol–water partition coefficient (Wildman–Crippen LogP) is 3.96. The molecule has 200 valence electrons. The van der Waals surface area contributed by atoms with Crippen molar-refractivity contribution < 1.29 is 29.0 Å². The third-order valence-corrected chi connectivity index (χ3v) is 10.1. The Kier molecular flexibility index (Phi) is 8.38. The van der Waals surface area contributed by atoms with Crippen molar-refractivity contribution in [2.24, 2.45) is 5.92 Å². The molecule has 1 saturated heterocycles. The number of amides is 2. The SMILES string of the molecule is CO[C@H]1c2cc(NC(=O)c3ccccc3)ccc2O[C@@H](C(CC(=O)N2CCC[C@H]2CO)[Si](C)(C)O)[C@@H]1C. The lowest BCUT2D eigenvalue weighted by atomic mass is 9.86. The van der Waals surface area contributed by atoms with Gasteiger partial charge in [0.25, 0.3) is 5.91 Å². The summed E-state index contributed by atoms with van der Waals surface area (Å²) in [5.74, 6) is 0.219. The van der Waals surface area contributed by atoms with E-state index in [0.29, 0.717) is 23.5 Å². The van der Waals surface area contributed by atoms with Crippen molar-refractivity contribution in [1.29, 1.82) is 0 Å². The second-order valence-corrected chi connectivity index (χ2v) is 14.7. The first kappa shape index (κ1) is 27.3. The van der Waals surface area contributed by atoms with Crippen molar-refractivity contribution in [1.82, 2.24) is 4.90 Å². The normalized spacial score (nSPS) is 24.2. The molecule has 2 aromatic rings. The Bertz CT molecular complexity index is 1110. The van der Waals surface area contributed by atoms with Crippen molar-refractivity contribution >= 4 is 25.8 Å². The summed E-state index contributed by atoms with van der Waals surface area (Å²) in [6, 6.07) is 14.3. The molecule has 5 atom stereocenters. The molecule has 2 aliphatic heterocycles. The van der Waals surface area contributed by atoms with Gasteiger partial charge in [0.05, 0.1) is 18.8 Å². The largest absolute Gasteiger partial charge is 0.490 e. The maximum atomic E-state index is 13.3. The minimum Gasteiger partial charge on any atom is -0.490 e. The van der Waals surface area contributed by atoms with Gasteiger partial charge in [0.1, 0.15) is 11.9 Å². The summed E-state index contributed by atoms with van der Waals surface area (Å²) in [5.41, 5.74) is 1.66. The van der Waals surface area contributed by atoms with Gasteiger partial charge in [-0.3, -0.25) is 9.59 Å². The topological polar surface area (TPSA) is 108 Å². The molecule has 0 radical (unpaired) electrons. The third kappa shape index (κ3) is 5.90. The fourth-order valence-electron chi connectivity index (χ4n) is 5.68. The molecular weight excluding hydrogens is 488 g/mol. The van der Waals surface area contributed by atoms with Crippen LogP contribution in [0.5, 0.6) is 5.75 Å². The monoisotopic (exact) mass is 526 g/mol. The molecule has 37 heavy (non-hydrogen) atoms. The number of fused-ring (bicyclic) bond motifs is 1. The first-order valence-corrected chi connectivity index (χ1v) is 16.0. The number of hydrogen-bond donors (Lipinski definition) is 3. The van der Waals surface area contributed by atoms with E-state index in [9.17, 15) is 19.5 Å². The number of rotatable bonds is 8. The smallest absolute Gasteiger partial charge is 0.255 e. The molecular formula is C28H38N2O6Si. The molecule has 8 nitrogen and oxygen atoms in total. The van der Waals surface area contributed by atoms with Crippen LogP contribution in [0, 0.1) is 5.92 Å². The summed E-state index contributed by atoms with van der Waals surface area (Å²) < 4.78 is 12.4. The van der Waals surface area contributed by atoms with Crippen LogP contribution in [0.1, 0.15) is 48.2 Å². The minimum atomic E-state index is -2.84. The fourth-order valence-corrected chi connectivity index (χ4v) is 7.53. The van der Waals surface area contributed by atoms with Gasteiger partial charge in [-0.1, -0.05) is 25.1 Å². The number of aliphatic hydroxyl groups is 1. The van der Waals surface area contributed by atoms with Crippen LogP contribution < -0.4 is 10.1 Å². The number of carbonyl (C=O) groups excluding carboxylic acids is 2. The zero-order valence-corrected chi connectivity index (χ0v) is 23.0. The van der Waals surface area contributed by atoms with Gasteiger partial charge in [0.2, 0.25) is 5.91 Å². The molecule has 9 heteroatoms. The Hall–Kier alpha value is -2.72. The molecule has 2 heterocycles. The third-order valence-electron chi connectivity index (χ3n) is 7.73.